The monoisotopic (exact) mass is 250 g/mol. The summed E-state index contributed by atoms with van der Waals surface area (Å²) >= 11 is 0. The molecule has 2 rings (SSSR count). The maximum Gasteiger partial charge on any atom is 0.203 e. The van der Waals surface area contributed by atoms with Crippen LogP contribution in [0.5, 0.6) is 0 Å². The summed E-state index contributed by atoms with van der Waals surface area (Å²) in [5.74, 6) is 1.80. The molecule has 4 heteroatoms. The Kier molecular flexibility index (Phi) is 4.27. The lowest BCUT2D eigenvalue weighted by Gasteiger charge is -2.16. The Morgan fingerprint density at radius 3 is 2.89 bits per heavy atom. The summed E-state index contributed by atoms with van der Waals surface area (Å²) in [4.78, 5) is 7.10. The van der Waals surface area contributed by atoms with Gasteiger partial charge in [0.25, 0.3) is 0 Å². The highest BCUT2D eigenvalue weighted by molar-refractivity contribution is 5.29. The normalized spacial score (nSPS) is 20.8. The largest absolute Gasteiger partial charge is 0.353 e. The van der Waals surface area contributed by atoms with Gasteiger partial charge in [0.1, 0.15) is 0 Å². The summed E-state index contributed by atoms with van der Waals surface area (Å²) in [5.41, 5.74) is 1.10. The van der Waals surface area contributed by atoms with Crippen LogP contribution in [0.2, 0.25) is 0 Å². The minimum Gasteiger partial charge on any atom is -0.353 e. The van der Waals surface area contributed by atoms with Gasteiger partial charge in [0, 0.05) is 25.3 Å². The minimum atomic E-state index is 0.432. The molecule has 0 saturated carbocycles. The molecule has 4 nitrogen and oxygen atoms in total. The van der Waals surface area contributed by atoms with Crippen LogP contribution in [0.25, 0.3) is 0 Å². The van der Waals surface area contributed by atoms with Crippen molar-refractivity contribution in [2.75, 3.05) is 25.0 Å². The van der Waals surface area contributed by atoms with E-state index in [4.69, 9.17) is 0 Å². The van der Waals surface area contributed by atoms with Crippen molar-refractivity contribution in [2.24, 2.45) is 5.92 Å². The number of aromatic nitrogens is 2. The first-order chi connectivity index (χ1) is 8.58. The molecule has 1 aliphatic heterocycles. The minimum absolute atomic E-state index is 0.432. The van der Waals surface area contributed by atoms with Crippen LogP contribution in [0.1, 0.15) is 32.9 Å². The Hall–Kier alpha value is -1.03. The first-order valence-electron chi connectivity index (χ1n) is 7.11. The number of likely N-dealkylation sites (tertiary alicyclic amines) is 1. The number of anilines is 1. The number of hydrogen-bond acceptors (Lipinski definition) is 3. The van der Waals surface area contributed by atoms with Gasteiger partial charge in [-0.05, 0) is 46.2 Å². The molecule has 1 N–H and O–H groups in total. The summed E-state index contributed by atoms with van der Waals surface area (Å²) in [6.07, 6.45) is 3.48. The van der Waals surface area contributed by atoms with Crippen molar-refractivity contribution in [3.8, 4) is 0 Å². The summed E-state index contributed by atoms with van der Waals surface area (Å²) in [6.45, 7) is 13.4. The van der Waals surface area contributed by atoms with Crippen molar-refractivity contribution in [1.29, 1.82) is 0 Å². The fourth-order valence-electron chi connectivity index (χ4n) is 2.69. The van der Waals surface area contributed by atoms with E-state index in [9.17, 15) is 0 Å². The van der Waals surface area contributed by atoms with Gasteiger partial charge in [-0.3, -0.25) is 0 Å². The lowest BCUT2D eigenvalue weighted by molar-refractivity contribution is 0.333. The Labute approximate surface area is 110 Å². The van der Waals surface area contributed by atoms with Crippen LogP contribution >= 0.6 is 0 Å². The van der Waals surface area contributed by atoms with Crippen molar-refractivity contribution in [3.05, 3.63) is 11.9 Å². The molecule has 0 aliphatic carbocycles. The number of nitrogens with zero attached hydrogens (tertiary/aromatic N) is 3. The van der Waals surface area contributed by atoms with Gasteiger partial charge in [-0.25, -0.2) is 4.98 Å². The highest BCUT2D eigenvalue weighted by Crippen LogP contribution is 2.20. The molecular weight excluding hydrogens is 224 g/mol. The SMILES string of the molecule is CCN1CCC(Cn2cc(C)nc2NC(C)C)C1. The second-order valence-corrected chi connectivity index (χ2v) is 5.71. The Bertz CT molecular complexity index is 383. The Balaban J connectivity index is 2.00. The zero-order valence-corrected chi connectivity index (χ0v) is 12.1. The lowest BCUT2D eigenvalue weighted by Crippen LogP contribution is -2.22. The molecule has 1 saturated heterocycles. The zero-order chi connectivity index (χ0) is 13.1. The quantitative estimate of drug-likeness (QED) is 0.871. The van der Waals surface area contributed by atoms with Crippen LogP contribution in [0.15, 0.2) is 6.20 Å². The van der Waals surface area contributed by atoms with Crippen molar-refractivity contribution >= 4 is 5.95 Å². The van der Waals surface area contributed by atoms with Gasteiger partial charge in [-0.15, -0.1) is 0 Å². The van der Waals surface area contributed by atoms with Gasteiger partial charge in [0.15, 0.2) is 0 Å². The smallest absolute Gasteiger partial charge is 0.203 e. The fourth-order valence-corrected chi connectivity index (χ4v) is 2.69. The van der Waals surface area contributed by atoms with E-state index in [2.05, 4.69) is 53.7 Å². The van der Waals surface area contributed by atoms with E-state index in [1.807, 2.05) is 0 Å². The molecule has 2 heterocycles. The molecule has 0 aromatic carbocycles. The average Bonchev–Trinajstić information content (AvgIpc) is 2.86. The second kappa shape index (κ2) is 5.74. The second-order valence-electron chi connectivity index (χ2n) is 5.71. The highest BCUT2D eigenvalue weighted by atomic mass is 15.2. The number of aryl methyl sites for hydroxylation is 1. The van der Waals surface area contributed by atoms with E-state index in [1.54, 1.807) is 0 Å². The molecule has 0 bridgehead atoms. The van der Waals surface area contributed by atoms with Crippen LogP contribution < -0.4 is 5.32 Å². The number of nitrogens with one attached hydrogen (secondary N) is 1. The van der Waals surface area contributed by atoms with E-state index in [0.717, 1.165) is 24.1 Å². The van der Waals surface area contributed by atoms with Crippen LogP contribution in [-0.4, -0.2) is 40.1 Å². The van der Waals surface area contributed by atoms with Gasteiger partial charge in [0.2, 0.25) is 5.95 Å². The topological polar surface area (TPSA) is 33.1 Å². The number of rotatable bonds is 5. The van der Waals surface area contributed by atoms with Crippen LogP contribution in [-0.2, 0) is 6.54 Å². The van der Waals surface area contributed by atoms with E-state index in [1.165, 1.54) is 26.1 Å². The van der Waals surface area contributed by atoms with Crippen molar-refractivity contribution in [3.63, 3.8) is 0 Å². The predicted molar refractivity (Wildman–Crippen MR) is 75.9 cm³/mol. The first-order valence-corrected chi connectivity index (χ1v) is 7.11. The summed E-state index contributed by atoms with van der Waals surface area (Å²) < 4.78 is 2.29. The van der Waals surface area contributed by atoms with Gasteiger partial charge in [-0.2, -0.15) is 0 Å². The molecular formula is C14H26N4. The van der Waals surface area contributed by atoms with Crippen LogP contribution in [0.4, 0.5) is 5.95 Å². The maximum atomic E-state index is 4.57. The van der Waals surface area contributed by atoms with Crippen molar-refractivity contribution in [2.45, 2.75) is 46.7 Å². The third-order valence-corrected chi connectivity index (χ3v) is 3.59. The fraction of sp³-hybridized carbons (Fsp3) is 0.786. The lowest BCUT2D eigenvalue weighted by atomic mass is 10.1. The highest BCUT2D eigenvalue weighted by Gasteiger charge is 2.22. The van der Waals surface area contributed by atoms with Gasteiger partial charge in [-0.1, -0.05) is 6.92 Å². The molecule has 0 amide bonds. The Morgan fingerprint density at radius 1 is 1.50 bits per heavy atom. The summed E-state index contributed by atoms with van der Waals surface area (Å²) in [6, 6.07) is 0.432. The molecule has 102 valence electrons. The predicted octanol–water partition coefficient (Wildman–Crippen LogP) is 2.35. The molecule has 1 fully saturated rings. The van der Waals surface area contributed by atoms with E-state index >= 15 is 0 Å². The average molecular weight is 250 g/mol. The molecule has 1 unspecified atom stereocenters. The van der Waals surface area contributed by atoms with E-state index < -0.39 is 0 Å². The van der Waals surface area contributed by atoms with Crippen LogP contribution in [0.3, 0.4) is 0 Å². The van der Waals surface area contributed by atoms with Crippen LogP contribution in [0, 0.1) is 12.8 Å². The summed E-state index contributed by atoms with van der Waals surface area (Å²) in [7, 11) is 0. The third kappa shape index (κ3) is 3.25. The molecule has 0 spiro atoms. The van der Waals surface area contributed by atoms with Gasteiger partial charge in [0.05, 0.1) is 5.69 Å². The molecule has 1 aromatic rings. The maximum absolute atomic E-state index is 4.57. The molecule has 1 aromatic heterocycles. The zero-order valence-electron chi connectivity index (χ0n) is 12.1. The molecule has 0 radical (unpaired) electrons. The molecule has 18 heavy (non-hydrogen) atoms. The molecule has 1 atom stereocenters. The third-order valence-electron chi connectivity index (χ3n) is 3.59. The Morgan fingerprint density at radius 2 is 2.28 bits per heavy atom. The van der Waals surface area contributed by atoms with Crippen molar-refractivity contribution < 1.29 is 0 Å². The number of hydrogen-bond donors (Lipinski definition) is 1. The summed E-state index contributed by atoms with van der Waals surface area (Å²) in [5, 5.41) is 3.43. The number of imidazole rings is 1. The van der Waals surface area contributed by atoms with E-state index in [0.29, 0.717) is 6.04 Å². The molecule has 1 aliphatic rings. The van der Waals surface area contributed by atoms with Gasteiger partial charge < -0.3 is 14.8 Å². The van der Waals surface area contributed by atoms with Gasteiger partial charge >= 0.3 is 0 Å². The standard InChI is InChI=1S/C14H26N4/c1-5-17-7-6-13(9-17)10-18-8-12(4)16-14(18)15-11(2)3/h8,11,13H,5-7,9-10H2,1-4H3,(H,15,16). The van der Waals surface area contributed by atoms with E-state index in [-0.39, 0.29) is 0 Å². The first kappa shape index (κ1) is 13.4. The van der Waals surface area contributed by atoms with Crippen molar-refractivity contribution in [1.82, 2.24) is 14.5 Å².